The Bertz CT molecular complexity index is 567. The molecule has 0 saturated carbocycles. The van der Waals surface area contributed by atoms with Crippen molar-refractivity contribution in [1.82, 2.24) is 4.57 Å². The van der Waals surface area contributed by atoms with E-state index in [9.17, 15) is 4.79 Å². The minimum absolute atomic E-state index is 0.0414. The lowest BCUT2D eigenvalue weighted by molar-refractivity contribution is 0.697. The van der Waals surface area contributed by atoms with E-state index < -0.39 is 0 Å². The number of hydrogen-bond acceptors (Lipinski definition) is 2. The second-order valence-corrected chi connectivity index (χ2v) is 4.54. The fourth-order valence-electron chi connectivity index (χ4n) is 2.04. The van der Waals surface area contributed by atoms with Crippen molar-refractivity contribution in [2.45, 2.75) is 20.4 Å². The number of aromatic nitrogens is 1. The molecule has 0 bridgehead atoms. The highest BCUT2D eigenvalue weighted by Crippen LogP contribution is 2.13. The van der Waals surface area contributed by atoms with Crippen molar-refractivity contribution < 1.29 is 0 Å². The Balaban J connectivity index is 1.96. The third-order valence-electron chi connectivity index (χ3n) is 2.80. The molecule has 0 amide bonds. The molecule has 0 aliphatic carbocycles. The van der Waals surface area contributed by atoms with Gasteiger partial charge < -0.3 is 9.88 Å². The number of nitrogens with one attached hydrogen (secondary N) is 1. The van der Waals surface area contributed by atoms with E-state index >= 15 is 0 Å². The summed E-state index contributed by atoms with van der Waals surface area (Å²) in [7, 11) is 0. The molecule has 0 atom stereocenters. The molecule has 18 heavy (non-hydrogen) atoms. The van der Waals surface area contributed by atoms with Gasteiger partial charge in [-0.05, 0) is 43.2 Å². The predicted octanol–water partition coefficient (Wildman–Crippen LogP) is 2.58. The van der Waals surface area contributed by atoms with E-state index in [1.165, 1.54) is 11.1 Å². The fourth-order valence-corrected chi connectivity index (χ4v) is 2.04. The number of hydrogen-bond donors (Lipinski definition) is 1. The maximum absolute atomic E-state index is 11.5. The Labute approximate surface area is 107 Å². The molecular formula is C15H18N2O. The second-order valence-electron chi connectivity index (χ2n) is 4.54. The first-order valence-electron chi connectivity index (χ1n) is 6.13. The monoisotopic (exact) mass is 242 g/mol. The van der Waals surface area contributed by atoms with Crippen molar-refractivity contribution in [3.05, 3.63) is 64.1 Å². The molecule has 0 unspecified atom stereocenters. The van der Waals surface area contributed by atoms with Gasteiger partial charge in [-0.3, -0.25) is 4.79 Å². The molecule has 0 spiro atoms. The van der Waals surface area contributed by atoms with E-state index in [1.54, 1.807) is 16.7 Å². The van der Waals surface area contributed by atoms with Crippen LogP contribution in [-0.2, 0) is 6.54 Å². The summed E-state index contributed by atoms with van der Waals surface area (Å²) in [6, 6.07) is 11.6. The van der Waals surface area contributed by atoms with Crippen LogP contribution in [0.4, 0.5) is 5.69 Å². The van der Waals surface area contributed by atoms with Gasteiger partial charge in [0.1, 0.15) is 0 Å². The summed E-state index contributed by atoms with van der Waals surface area (Å²) in [4.78, 5) is 11.5. The van der Waals surface area contributed by atoms with Crippen LogP contribution in [0.25, 0.3) is 0 Å². The van der Waals surface area contributed by atoms with E-state index in [2.05, 4.69) is 37.4 Å². The van der Waals surface area contributed by atoms with Crippen molar-refractivity contribution in [3.63, 3.8) is 0 Å². The summed E-state index contributed by atoms with van der Waals surface area (Å²) >= 11 is 0. The summed E-state index contributed by atoms with van der Waals surface area (Å²) in [5, 5.41) is 3.34. The maximum Gasteiger partial charge on any atom is 0.250 e. The van der Waals surface area contributed by atoms with E-state index in [4.69, 9.17) is 0 Å². The molecule has 0 aliphatic heterocycles. The molecule has 3 nitrogen and oxygen atoms in total. The lowest BCUT2D eigenvalue weighted by Gasteiger charge is -2.09. The van der Waals surface area contributed by atoms with Gasteiger partial charge in [0.2, 0.25) is 0 Å². The van der Waals surface area contributed by atoms with Crippen molar-refractivity contribution in [1.29, 1.82) is 0 Å². The van der Waals surface area contributed by atoms with Crippen LogP contribution in [0, 0.1) is 13.8 Å². The van der Waals surface area contributed by atoms with Crippen molar-refractivity contribution in [2.75, 3.05) is 11.9 Å². The largest absolute Gasteiger partial charge is 0.383 e. The average Bonchev–Trinajstić information content (AvgIpc) is 2.30. The van der Waals surface area contributed by atoms with Gasteiger partial charge in [-0.25, -0.2) is 0 Å². The number of nitrogens with zero attached hydrogens (tertiary/aromatic N) is 1. The molecule has 94 valence electrons. The van der Waals surface area contributed by atoms with Crippen LogP contribution in [0.3, 0.4) is 0 Å². The summed E-state index contributed by atoms with van der Waals surface area (Å²) in [6.07, 6.45) is 1.81. The van der Waals surface area contributed by atoms with Crippen LogP contribution in [0.5, 0.6) is 0 Å². The Hall–Kier alpha value is -2.03. The van der Waals surface area contributed by atoms with Gasteiger partial charge in [0.15, 0.2) is 0 Å². The van der Waals surface area contributed by atoms with Gasteiger partial charge >= 0.3 is 0 Å². The van der Waals surface area contributed by atoms with Crippen LogP contribution in [0.1, 0.15) is 11.1 Å². The highest BCUT2D eigenvalue weighted by atomic mass is 16.1. The first-order chi connectivity index (χ1) is 8.65. The lowest BCUT2D eigenvalue weighted by Crippen LogP contribution is -2.22. The molecule has 1 aromatic carbocycles. The molecule has 2 rings (SSSR count). The molecular weight excluding hydrogens is 224 g/mol. The third kappa shape index (κ3) is 3.23. The summed E-state index contributed by atoms with van der Waals surface area (Å²) < 4.78 is 1.70. The highest BCUT2D eigenvalue weighted by Gasteiger charge is 1.96. The van der Waals surface area contributed by atoms with Crippen molar-refractivity contribution in [2.24, 2.45) is 0 Å². The van der Waals surface area contributed by atoms with E-state index in [0.29, 0.717) is 6.54 Å². The molecule has 1 aromatic heterocycles. The minimum Gasteiger partial charge on any atom is -0.383 e. The zero-order valence-electron chi connectivity index (χ0n) is 10.8. The van der Waals surface area contributed by atoms with Gasteiger partial charge in [0, 0.05) is 31.0 Å². The standard InChI is InChI=1S/C15H18N2O/c1-12-9-13(2)11-14(10-12)16-6-8-17-7-4-3-5-15(17)18/h3-5,7,9-11,16H,6,8H2,1-2H3. The van der Waals surface area contributed by atoms with Gasteiger partial charge in [-0.1, -0.05) is 12.1 Å². The molecule has 1 heterocycles. The number of benzene rings is 1. The molecule has 0 aliphatic rings. The number of anilines is 1. The van der Waals surface area contributed by atoms with Gasteiger partial charge in [0.25, 0.3) is 5.56 Å². The lowest BCUT2D eigenvalue weighted by atomic mass is 10.1. The van der Waals surface area contributed by atoms with Crippen molar-refractivity contribution in [3.8, 4) is 0 Å². The molecule has 3 heteroatoms. The van der Waals surface area contributed by atoms with E-state index in [0.717, 1.165) is 12.2 Å². The molecule has 0 saturated heterocycles. The highest BCUT2D eigenvalue weighted by molar-refractivity contribution is 5.48. The fraction of sp³-hybridized carbons (Fsp3) is 0.267. The van der Waals surface area contributed by atoms with Crippen LogP contribution in [0.15, 0.2) is 47.4 Å². The van der Waals surface area contributed by atoms with Crippen LogP contribution >= 0.6 is 0 Å². The average molecular weight is 242 g/mol. The summed E-state index contributed by atoms with van der Waals surface area (Å²) in [5.74, 6) is 0. The summed E-state index contributed by atoms with van der Waals surface area (Å²) in [5.41, 5.74) is 3.64. The molecule has 0 radical (unpaired) electrons. The zero-order valence-corrected chi connectivity index (χ0v) is 10.8. The van der Waals surface area contributed by atoms with Crippen LogP contribution in [0.2, 0.25) is 0 Å². The smallest absolute Gasteiger partial charge is 0.250 e. The first-order valence-corrected chi connectivity index (χ1v) is 6.13. The number of pyridine rings is 1. The number of rotatable bonds is 4. The van der Waals surface area contributed by atoms with Crippen LogP contribution in [-0.4, -0.2) is 11.1 Å². The third-order valence-corrected chi connectivity index (χ3v) is 2.80. The van der Waals surface area contributed by atoms with E-state index in [1.807, 2.05) is 12.3 Å². The minimum atomic E-state index is 0.0414. The Morgan fingerprint density at radius 3 is 2.50 bits per heavy atom. The SMILES string of the molecule is Cc1cc(C)cc(NCCn2ccccc2=O)c1. The Kier molecular flexibility index (Phi) is 3.82. The van der Waals surface area contributed by atoms with Gasteiger partial charge in [-0.15, -0.1) is 0 Å². The Morgan fingerprint density at radius 1 is 1.11 bits per heavy atom. The predicted molar refractivity (Wildman–Crippen MR) is 75.1 cm³/mol. The zero-order chi connectivity index (χ0) is 13.0. The van der Waals surface area contributed by atoms with Gasteiger partial charge in [-0.2, -0.15) is 0 Å². The van der Waals surface area contributed by atoms with E-state index in [-0.39, 0.29) is 5.56 Å². The topological polar surface area (TPSA) is 34.0 Å². The first kappa shape index (κ1) is 12.4. The normalized spacial score (nSPS) is 10.3. The number of aryl methyl sites for hydroxylation is 2. The molecule has 2 aromatic rings. The van der Waals surface area contributed by atoms with Crippen LogP contribution < -0.4 is 10.9 Å². The Morgan fingerprint density at radius 2 is 1.83 bits per heavy atom. The summed E-state index contributed by atoms with van der Waals surface area (Å²) in [6.45, 7) is 5.58. The van der Waals surface area contributed by atoms with Gasteiger partial charge in [0.05, 0.1) is 0 Å². The molecule has 0 fully saturated rings. The maximum atomic E-state index is 11.5. The molecule has 1 N–H and O–H groups in total. The quantitative estimate of drug-likeness (QED) is 0.894. The second kappa shape index (κ2) is 5.54. The van der Waals surface area contributed by atoms with Crippen molar-refractivity contribution >= 4 is 5.69 Å².